The van der Waals surface area contributed by atoms with E-state index in [1.807, 2.05) is 58.6 Å². The molecule has 4 aromatic rings. The summed E-state index contributed by atoms with van der Waals surface area (Å²) in [6, 6.07) is 0. The monoisotopic (exact) mass is 460 g/mol. The van der Waals surface area contributed by atoms with Crippen LogP contribution in [-0.4, -0.2) is 46.0 Å². The number of ether oxygens (including phenoxy) is 1. The Hall–Kier alpha value is -3.82. The lowest BCUT2D eigenvalue weighted by Gasteiger charge is -2.18. The molecule has 1 saturated carbocycles. The molecule has 1 N–H and O–H groups in total. The third-order valence-electron chi connectivity index (χ3n) is 5.69. The van der Waals surface area contributed by atoms with Crippen LogP contribution in [-0.2, 0) is 11.8 Å². The molecule has 0 bridgehead atoms. The summed E-state index contributed by atoms with van der Waals surface area (Å²) < 4.78 is 8.57. The van der Waals surface area contributed by atoms with Gasteiger partial charge in [0.15, 0.2) is 5.82 Å². The van der Waals surface area contributed by atoms with Gasteiger partial charge in [-0.1, -0.05) is 0 Å². The van der Waals surface area contributed by atoms with Crippen molar-refractivity contribution in [1.82, 2.24) is 34.3 Å². The lowest BCUT2D eigenvalue weighted by molar-refractivity contribution is 0.0514. The molecule has 0 radical (unpaired) electrons. The van der Waals surface area contributed by atoms with E-state index in [4.69, 9.17) is 14.7 Å². The van der Waals surface area contributed by atoms with Crippen LogP contribution >= 0.6 is 0 Å². The number of carbonyl (C=O) groups excluding carboxylic acids is 1. The highest BCUT2D eigenvalue weighted by Gasteiger charge is 2.31. The largest absolute Gasteiger partial charge is 0.442 e. The molecule has 5 rings (SSSR count). The quantitative estimate of drug-likeness (QED) is 0.468. The number of aromatic nitrogens is 7. The first kappa shape index (κ1) is 22.0. The van der Waals surface area contributed by atoms with Gasteiger partial charge >= 0.3 is 6.09 Å². The third-order valence-corrected chi connectivity index (χ3v) is 5.69. The SMILES string of the molecule is Cc1nn(C(=O)OC(C)(C)C)cc1Nc1nc(C2CC2)c(-c2cncc3c2ncn3C)nc1C. The molecule has 1 fully saturated rings. The van der Waals surface area contributed by atoms with E-state index >= 15 is 0 Å². The van der Waals surface area contributed by atoms with E-state index in [0.29, 0.717) is 23.1 Å². The lowest BCUT2D eigenvalue weighted by atomic mass is 10.1. The maximum Gasteiger partial charge on any atom is 0.435 e. The van der Waals surface area contributed by atoms with Crippen LogP contribution in [0.2, 0.25) is 0 Å². The van der Waals surface area contributed by atoms with Crippen LogP contribution in [0.15, 0.2) is 24.9 Å². The highest BCUT2D eigenvalue weighted by molar-refractivity contribution is 5.91. The number of anilines is 2. The number of aryl methyl sites for hydroxylation is 3. The van der Waals surface area contributed by atoms with Crippen molar-refractivity contribution >= 4 is 28.6 Å². The first-order chi connectivity index (χ1) is 16.1. The van der Waals surface area contributed by atoms with Crippen molar-refractivity contribution in [3.8, 4) is 11.3 Å². The number of fused-ring (bicyclic) bond motifs is 1. The molecule has 10 nitrogen and oxygen atoms in total. The Morgan fingerprint density at radius 3 is 2.62 bits per heavy atom. The molecule has 0 aliphatic heterocycles. The fourth-order valence-corrected chi connectivity index (χ4v) is 3.82. The van der Waals surface area contributed by atoms with Gasteiger partial charge in [-0.2, -0.15) is 9.78 Å². The Labute approximate surface area is 197 Å². The number of hydrogen-bond donors (Lipinski definition) is 1. The van der Waals surface area contributed by atoms with Crippen molar-refractivity contribution in [2.24, 2.45) is 7.05 Å². The van der Waals surface area contributed by atoms with E-state index in [1.54, 1.807) is 12.5 Å². The maximum atomic E-state index is 12.4. The zero-order chi connectivity index (χ0) is 24.2. The van der Waals surface area contributed by atoms with Gasteiger partial charge in [0.25, 0.3) is 0 Å². The van der Waals surface area contributed by atoms with Crippen molar-refractivity contribution in [3.05, 3.63) is 42.0 Å². The number of nitrogens with zero attached hydrogens (tertiary/aromatic N) is 7. The van der Waals surface area contributed by atoms with Crippen molar-refractivity contribution < 1.29 is 9.53 Å². The fraction of sp³-hybridized carbons (Fsp3) is 0.417. The highest BCUT2D eigenvalue weighted by Crippen LogP contribution is 2.44. The molecule has 1 aliphatic carbocycles. The van der Waals surface area contributed by atoms with Gasteiger partial charge < -0.3 is 14.6 Å². The Morgan fingerprint density at radius 1 is 1.15 bits per heavy atom. The first-order valence-corrected chi connectivity index (χ1v) is 11.3. The summed E-state index contributed by atoms with van der Waals surface area (Å²) >= 11 is 0. The Morgan fingerprint density at radius 2 is 1.91 bits per heavy atom. The predicted octanol–water partition coefficient (Wildman–Crippen LogP) is 4.64. The summed E-state index contributed by atoms with van der Waals surface area (Å²) in [6.45, 7) is 9.20. The molecule has 0 aromatic carbocycles. The first-order valence-electron chi connectivity index (χ1n) is 11.3. The van der Waals surface area contributed by atoms with Crippen LogP contribution in [0.25, 0.3) is 22.3 Å². The second-order valence-corrected chi connectivity index (χ2v) is 9.75. The van der Waals surface area contributed by atoms with E-state index in [2.05, 4.69) is 20.4 Å². The fourth-order valence-electron chi connectivity index (χ4n) is 3.82. The van der Waals surface area contributed by atoms with Gasteiger partial charge in [0.2, 0.25) is 0 Å². The van der Waals surface area contributed by atoms with Gasteiger partial charge in [-0.15, -0.1) is 0 Å². The van der Waals surface area contributed by atoms with Crippen molar-refractivity contribution in [2.75, 3.05) is 5.32 Å². The molecule has 34 heavy (non-hydrogen) atoms. The normalized spacial score (nSPS) is 13.9. The minimum absolute atomic E-state index is 0.355. The Bertz CT molecular complexity index is 1410. The molecular weight excluding hydrogens is 432 g/mol. The lowest BCUT2D eigenvalue weighted by Crippen LogP contribution is -2.27. The van der Waals surface area contributed by atoms with Crippen molar-refractivity contribution in [1.29, 1.82) is 0 Å². The van der Waals surface area contributed by atoms with Gasteiger partial charge in [-0.3, -0.25) is 4.98 Å². The number of carbonyl (C=O) groups is 1. The summed E-state index contributed by atoms with van der Waals surface area (Å²) in [5.74, 6) is 0.992. The van der Waals surface area contributed by atoms with E-state index in [0.717, 1.165) is 46.5 Å². The Kier molecular flexibility index (Phi) is 5.11. The molecule has 176 valence electrons. The van der Waals surface area contributed by atoms with E-state index in [9.17, 15) is 4.79 Å². The zero-order valence-corrected chi connectivity index (χ0v) is 20.2. The van der Waals surface area contributed by atoms with Crippen LogP contribution in [0.3, 0.4) is 0 Å². The second kappa shape index (κ2) is 7.89. The van der Waals surface area contributed by atoms with Crippen LogP contribution in [0.1, 0.15) is 56.6 Å². The van der Waals surface area contributed by atoms with E-state index < -0.39 is 11.7 Å². The summed E-state index contributed by atoms with van der Waals surface area (Å²) in [7, 11) is 1.95. The molecule has 4 heterocycles. The molecule has 0 saturated heterocycles. The van der Waals surface area contributed by atoms with Gasteiger partial charge in [0.1, 0.15) is 11.1 Å². The van der Waals surface area contributed by atoms with Gasteiger partial charge in [0, 0.05) is 24.7 Å². The van der Waals surface area contributed by atoms with Gasteiger partial charge in [0.05, 0.1) is 52.7 Å². The summed E-state index contributed by atoms with van der Waals surface area (Å²) in [6.07, 6.45) is 8.64. The topological polar surface area (TPSA) is 113 Å². The number of imidazole rings is 1. The summed E-state index contributed by atoms with van der Waals surface area (Å²) in [5, 5.41) is 7.63. The molecule has 0 amide bonds. The summed E-state index contributed by atoms with van der Waals surface area (Å²) in [5.41, 5.74) is 5.92. The maximum absolute atomic E-state index is 12.4. The van der Waals surface area contributed by atoms with Gasteiger partial charge in [-0.25, -0.2) is 19.7 Å². The minimum Gasteiger partial charge on any atom is -0.442 e. The van der Waals surface area contributed by atoms with Crippen LogP contribution < -0.4 is 5.32 Å². The molecule has 0 unspecified atom stereocenters. The standard InChI is InChI=1S/C24H28N8O2/c1-13-17(11-32(30-13)23(33)34-24(3,4)5)28-22-14(2)27-21(19(29-22)15-7-8-15)16-9-25-10-18-20(16)26-12-31(18)6/h9-12,15H,7-8H2,1-6H3,(H,28,29). The number of hydrogen-bond acceptors (Lipinski definition) is 8. The van der Waals surface area contributed by atoms with Crippen LogP contribution in [0.4, 0.5) is 16.3 Å². The molecule has 4 aromatic heterocycles. The number of pyridine rings is 1. The van der Waals surface area contributed by atoms with E-state index in [1.165, 1.54) is 4.68 Å². The average molecular weight is 461 g/mol. The predicted molar refractivity (Wildman–Crippen MR) is 128 cm³/mol. The molecule has 0 atom stereocenters. The zero-order valence-electron chi connectivity index (χ0n) is 20.2. The van der Waals surface area contributed by atoms with Gasteiger partial charge in [-0.05, 0) is 47.5 Å². The van der Waals surface area contributed by atoms with Crippen molar-refractivity contribution in [3.63, 3.8) is 0 Å². The van der Waals surface area contributed by atoms with Crippen LogP contribution in [0.5, 0.6) is 0 Å². The molecule has 10 heteroatoms. The highest BCUT2D eigenvalue weighted by atomic mass is 16.6. The molecular formula is C24H28N8O2. The van der Waals surface area contributed by atoms with E-state index in [-0.39, 0.29) is 0 Å². The number of nitrogens with one attached hydrogen (secondary N) is 1. The summed E-state index contributed by atoms with van der Waals surface area (Å²) in [4.78, 5) is 31.3. The number of rotatable bonds is 4. The Balaban J connectivity index is 1.51. The van der Waals surface area contributed by atoms with Crippen LogP contribution in [0, 0.1) is 13.8 Å². The smallest absolute Gasteiger partial charge is 0.435 e. The average Bonchev–Trinajstić information content (AvgIpc) is 3.45. The molecule has 0 spiro atoms. The van der Waals surface area contributed by atoms with Crippen molar-refractivity contribution in [2.45, 2.75) is 59.0 Å². The minimum atomic E-state index is -0.604. The molecule has 1 aliphatic rings. The second-order valence-electron chi connectivity index (χ2n) is 9.75. The third kappa shape index (κ3) is 4.11.